The van der Waals surface area contributed by atoms with Gasteiger partial charge in [-0.05, 0) is 25.0 Å². The highest BCUT2D eigenvalue weighted by Gasteiger charge is 2.35. The number of hydrogen-bond donors (Lipinski definition) is 0. The molecule has 21 heavy (non-hydrogen) atoms. The minimum atomic E-state index is -0.271. The van der Waals surface area contributed by atoms with Crippen LogP contribution in [0.1, 0.15) is 12.8 Å². The lowest BCUT2D eigenvalue weighted by atomic mass is 9.83. The molecule has 0 radical (unpaired) electrons. The summed E-state index contributed by atoms with van der Waals surface area (Å²) in [5.41, 5.74) is 1.02. The molecule has 2 saturated heterocycles. The highest BCUT2D eigenvalue weighted by atomic mass is 16.5. The second-order valence-electron chi connectivity index (χ2n) is 6.24. The third-order valence-corrected chi connectivity index (χ3v) is 4.63. The Balaban J connectivity index is 1.55. The van der Waals surface area contributed by atoms with Crippen molar-refractivity contribution in [2.45, 2.75) is 12.8 Å². The first kappa shape index (κ1) is 14.5. The Hall–Kier alpha value is -1.39. The lowest BCUT2D eigenvalue weighted by Crippen LogP contribution is -2.52. The van der Waals surface area contributed by atoms with E-state index in [0.29, 0.717) is 6.61 Å². The Morgan fingerprint density at radius 3 is 2.52 bits per heavy atom. The van der Waals surface area contributed by atoms with Crippen molar-refractivity contribution in [3.8, 4) is 0 Å². The van der Waals surface area contributed by atoms with Crippen molar-refractivity contribution >= 4 is 12.0 Å². The van der Waals surface area contributed by atoms with E-state index in [1.807, 2.05) is 0 Å². The van der Waals surface area contributed by atoms with Crippen LogP contribution >= 0.6 is 0 Å². The van der Waals surface area contributed by atoms with E-state index in [4.69, 9.17) is 4.74 Å². The lowest BCUT2D eigenvalue weighted by molar-refractivity contribution is -0.125. The van der Waals surface area contributed by atoms with Gasteiger partial charge in [0.15, 0.2) is 0 Å². The highest BCUT2D eigenvalue weighted by Crippen LogP contribution is 2.28. The van der Waals surface area contributed by atoms with Crippen molar-refractivity contribution in [1.29, 1.82) is 0 Å². The van der Waals surface area contributed by atoms with E-state index >= 15 is 0 Å². The Morgan fingerprint density at radius 2 is 1.90 bits per heavy atom. The van der Waals surface area contributed by atoms with Crippen LogP contribution in [0.5, 0.6) is 0 Å². The van der Waals surface area contributed by atoms with Crippen LogP contribution in [0.2, 0.25) is 0 Å². The molecule has 0 aliphatic carbocycles. The molecule has 0 saturated carbocycles. The summed E-state index contributed by atoms with van der Waals surface area (Å²) in [5.74, 6) is 0. The van der Waals surface area contributed by atoms with Crippen LogP contribution in [0.25, 0.3) is 0 Å². The van der Waals surface area contributed by atoms with E-state index in [1.54, 1.807) is 0 Å². The van der Waals surface area contributed by atoms with Gasteiger partial charge in [0.05, 0.1) is 12.0 Å². The summed E-state index contributed by atoms with van der Waals surface area (Å²) < 4.78 is 5.54. The van der Waals surface area contributed by atoms with Crippen LogP contribution in [0.15, 0.2) is 30.3 Å². The summed E-state index contributed by atoms with van der Waals surface area (Å²) in [6, 6.07) is 10.6. The van der Waals surface area contributed by atoms with Crippen LogP contribution in [-0.4, -0.2) is 57.1 Å². The monoisotopic (exact) mass is 288 g/mol. The Labute approximate surface area is 126 Å². The van der Waals surface area contributed by atoms with Crippen molar-refractivity contribution < 1.29 is 9.53 Å². The fourth-order valence-electron chi connectivity index (χ4n) is 3.38. The SMILES string of the molecule is O=CC1(CN2CCN(c3ccccc3)CC2)CCCOC1. The van der Waals surface area contributed by atoms with Gasteiger partial charge in [-0.2, -0.15) is 0 Å². The van der Waals surface area contributed by atoms with Crippen LogP contribution in [0.4, 0.5) is 5.69 Å². The topological polar surface area (TPSA) is 32.8 Å². The fourth-order valence-corrected chi connectivity index (χ4v) is 3.38. The van der Waals surface area contributed by atoms with Gasteiger partial charge < -0.3 is 14.4 Å². The zero-order chi connectivity index (χ0) is 14.5. The van der Waals surface area contributed by atoms with Gasteiger partial charge >= 0.3 is 0 Å². The quantitative estimate of drug-likeness (QED) is 0.791. The Kier molecular flexibility index (Phi) is 4.56. The Morgan fingerprint density at radius 1 is 1.14 bits per heavy atom. The number of piperazine rings is 1. The van der Waals surface area contributed by atoms with Crippen molar-refractivity contribution in [3.05, 3.63) is 30.3 Å². The molecule has 2 aliphatic heterocycles. The molecule has 2 fully saturated rings. The minimum Gasteiger partial charge on any atom is -0.380 e. The van der Waals surface area contributed by atoms with E-state index < -0.39 is 0 Å². The van der Waals surface area contributed by atoms with Gasteiger partial charge in [-0.3, -0.25) is 4.90 Å². The number of aldehydes is 1. The Bertz CT molecular complexity index is 449. The molecule has 1 aromatic rings. The number of anilines is 1. The number of nitrogens with zero attached hydrogens (tertiary/aromatic N) is 2. The molecule has 2 heterocycles. The molecule has 3 rings (SSSR count). The predicted octanol–water partition coefficient (Wildman–Crippen LogP) is 1.80. The number of ether oxygens (including phenoxy) is 1. The molecule has 1 atom stereocenters. The van der Waals surface area contributed by atoms with Gasteiger partial charge in [-0.25, -0.2) is 0 Å². The number of para-hydroxylation sites is 1. The third kappa shape index (κ3) is 3.44. The minimum absolute atomic E-state index is 0.271. The molecule has 0 spiro atoms. The fraction of sp³-hybridized carbons (Fsp3) is 0.588. The van der Waals surface area contributed by atoms with Gasteiger partial charge in [0.1, 0.15) is 6.29 Å². The van der Waals surface area contributed by atoms with Crippen molar-refractivity contribution in [2.75, 3.05) is 50.8 Å². The number of rotatable bonds is 4. The molecule has 0 bridgehead atoms. The van der Waals surface area contributed by atoms with Gasteiger partial charge in [0.25, 0.3) is 0 Å². The summed E-state index contributed by atoms with van der Waals surface area (Å²) in [6.45, 7) is 6.33. The van der Waals surface area contributed by atoms with Gasteiger partial charge in [-0.1, -0.05) is 18.2 Å². The van der Waals surface area contributed by atoms with Crippen LogP contribution in [0, 0.1) is 5.41 Å². The molecule has 0 N–H and O–H groups in total. The zero-order valence-electron chi connectivity index (χ0n) is 12.5. The first-order valence-electron chi connectivity index (χ1n) is 7.88. The largest absolute Gasteiger partial charge is 0.380 e. The zero-order valence-corrected chi connectivity index (χ0v) is 12.5. The number of benzene rings is 1. The van der Waals surface area contributed by atoms with Crippen molar-refractivity contribution in [3.63, 3.8) is 0 Å². The normalized spacial score (nSPS) is 27.5. The average Bonchev–Trinajstić information content (AvgIpc) is 2.57. The number of carbonyl (C=O) groups is 1. The molecule has 0 aromatic heterocycles. The van der Waals surface area contributed by atoms with E-state index in [0.717, 1.165) is 58.5 Å². The molecule has 2 aliphatic rings. The van der Waals surface area contributed by atoms with E-state index in [1.165, 1.54) is 5.69 Å². The molecular formula is C17H24N2O2. The maximum atomic E-state index is 11.5. The van der Waals surface area contributed by atoms with Crippen molar-refractivity contribution in [1.82, 2.24) is 4.90 Å². The lowest BCUT2D eigenvalue weighted by Gasteiger charge is -2.41. The van der Waals surface area contributed by atoms with Crippen molar-refractivity contribution in [2.24, 2.45) is 5.41 Å². The standard InChI is InChI=1S/C17H24N2O2/c20-14-17(7-4-12-21-15-17)13-18-8-10-19(11-9-18)16-5-2-1-3-6-16/h1-3,5-6,14H,4,7-13,15H2. The maximum absolute atomic E-state index is 11.5. The molecule has 4 heteroatoms. The van der Waals surface area contributed by atoms with Crippen LogP contribution in [-0.2, 0) is 9.53 Å². The highest BCUT2D eigenvalue weighted by molar-refractivity contribution is 5.60. The first-order valence-corrected chi connectivity index (χ1v) is 7.88. The maximum Gasteiger partial charge on any atom is 0.129 e. The molecule has 114 valence electrons. The summed E-state index contributed by atoms with van der Waals surface area (Å²) >= 11 is 0. The molecular weight excluding hydrogens is 264 g/mol. The van der Waals surface area contributed by atoms with E-state index in [9.17, 15) is 4.79 Å². The van der Waals surface area contributed by atoms with Gasteiger partial charge in [0, 0.05) is 45.0 Å². The summed E-state index contributed by atoms with van der Waals surface area (Å²) in [7, 11) is 0. The predicted molar refractivity (Wildman–Crippen MR) is 83.6 cm³/mol. The number of carbonyl (C=O) groups excluding carboxylic acids is 1. The van der Waals surface area contributed by atoms with Crippen LogP contribution in [0.3, 0.4) is 0 Å². The summed E-state index contributed by atoms with van der Waals surface area (Å²) in [4.78, 5) is 16.4. The smallest absolute Gasteiger partial charge is 0.129 e. The first-order chi connectivity index (χ1) is 10.3. The van der Waals surface area contributed by atoms with Gasteiger partial charge in [-0.15, -0.1) is 0 Å². The summed E-state index contributed by atoms with van der Waals surface area (Å²) in [5, 5.41) is 0. The molecule has 0 amide bonds. The average molecular weight is 288 g/mol. The molecule has 4 nitrogen and oxygen atoms in total. The van der Waals surface area contributed by atoms with Crippen LogP contribution < -0.4 is 4.90 Å². The number of hydrogen-bond acceptors (Lipinski definition) is 4. The third-order valence-electron chi connectivity index (χ3n) is 4.63. The van der Waals surface area contributed by atoms with E-state index in [2.05, 4.69) is 40.1 Å². The second-order valence-corrected chi connectivity index (χ2v) is 6.24. The molecule has 1 aromatic carbocycles. The van der Waals surface area contributed by atoms with E-state index in [-0.39, 0.29) is 5.41 Å². The second kappa shape index (κ2) is 6.58. The summed E-state index contributed by atoms with van der Waals surface area (Å²) in [6.07, 6.45) is 3.11. The van der Waals surface area contributed by atoms with Gasteiger partial charge in [0.2, 0.25) is 0 Å². The molecule has 1 unspecified atom stereocenters.